The molecule has 170 valence electrons. The molecule has 1 N–H and O–H groups in total. The molecule has 2 aromatic heterocycles. The summed E-state index contributed by atoms with van der Waals surface area (Å²) in [7, 11) is -3.05. The van der Waals surface area contributed by atoms with E-state index in [0.717, 1.165) is 21.8 Å². The zero-order valence-electron chi connectivity index (χ0n) is 16.6. The van der Waals surface area contributed by atoms with Gasteiger partial charge in [-0.2, -0.15) is 8.78 Å². The molecular formula is C20H15F3N6O3S. The number of benzene rings is 1. The molecule has 1 aliphatic rings. The van der Waals surface area contributed by atoms with E-state index in [4.69, 9.17) is 9.20 Å². The van der Waals surface area contributed by atoms with Crippen molar-refractivity contribution >= 4 is 21.4 Å². The van der Waals surface area contributed by atoms with Gasteiger partial charge in [0.15, 0.2) is 0 Å². The van der Waals surface area contributed by atoms with E-state index < -0.39 is 33.9 Å². The van der Waals surface area contributed by atoms with E-state index in [0.29, 0.717) is 5.69 Å². The van der Waals surface area contributed by atoms with Crippen LogP contribution >= 0.6 is 0 Å². The molecule has 0 radical (unpaired) electrons. The molecule has 0 atom stereocenters. The molecule has 3 heterocycles. The molecule has 2 amide bonds. The Bertz CT molecular complexity index is 1320. The predicted octanol–water partition coefficient (Wildman–Crippen LogP) is 4.64. The number of nitrogens with one attached hydrogen (secondary N) is 1. The molecule has 4 rings (SSSR count). The maximum absolute atomic E-state index is 14.9. The van der Waals surface area contributed by atoms with E-state index in [1.54, 1.807) is 12.1 Å². The van der Waals surface area contributed by atoms with Crippen LogP contribution in [0.5, 0.6) is 0 Å². The molecule has 13 heteroatoms. The van der Waals surface area contributed by atoms with Gasteiger partial charge < -0.3 is 4.42 Å². The zero-order valence-corrected chi connectivity index (χ0v) is 17.5. The van der Waals surface area contributed by atoms with Crippen molar-refractivity contribution in [2.75, 3.05) is 4.90 Å². The first-order valence-electron chi connectivity index (χ1n) is 9.29. The summed E-state index contributed by atoms with van der Waals surface area (Å²) in [6, 6.07) is 6.41. The number of carbonyl (C=O) groups excluding carboxylic acids is 1. The number of nitrogens with zero attached hydrogens (tertiary/aromatic N) is 5. The molecule has 3 aromatic rings. The van der Waals surface area contributed by atoms with E-state index in [-0.39, 0.29) is 23.6 Å². The normalized spacial score (nSPS) is 14.6. The highest BCUT2D eigenvalue weighted by atomic mass is 32.2. The zero-order chi connectivity index (χ0) is 23.6. The fourth-order valence-electron chi connectivity index (χ4n) is 2.88. The summed E-state index contributed by atoms with van der Waals surface area (Å²) < 4.78 is 64.3. The summed E-state index contributed by atoms with van der Waals surface area (Å²) in [5.41, 5.74) is 0.573. The van der Waals surface area contributed by atoms with Gasteiger partial charge >= 0.3 is 12.5 Å². The maximum Gasteiger partial charge on any atom is 0.332 e. The minimum absolute atomic E-state index is 0.0991. The lowest BCUT2D eigenvalue weighted by Gasteiger charge is -2.28. The smallest absolute Gasteiger partial charge is 0.332 e. The van der Waals surface area contributed by atoms with E-state index in [1.807, 2.05) is 0 Å². The van der Waals surface area contributed by atoms with Crippen molar-refractivity contribution in [3.63, 3.8) is 0 Å². The Morgan fingerprint density at radius 3 is 2.58 bits per heavy atom. The number of alkyl halides is 2. The largest absolute Gasteiger partial charge is 0.415 e. The second-order valence-electron chi connectivity index (χ2n) is 6.76. The van der Waals surface area contributed by atoms with Crippen LogP contribution in [-0.2, 0) is 16.3 Å². The SMILES string of the molecule is N=S1(=O)C=CN(C(=O)N(Cc2ccc(-c3nnc(C(F)F)o3)cc2F)c2cccnc2)C=C1. The highest BCUT2D eigenvalue weighted by molar-refractivity contribution is 7.98. The standard InChI is InChI=1S/C20H15F3N6O3S/c21-16-10-13(18-26-27-19(32-18)17(22)23)3-4-14(16)12-29(15-2-1-5-25-11-15)20(30)28-6-8-33(24,31)9-7-28/h1-11,17,24H,12H2. The average molecular weight is 476 g/mol. The molecule has 0 bridgehead atoms. The lowest BCUT2D eigenvalue weighted by atomic mass is 10.1. The number of pyridine rings is 1. The van der Waals surface area contributed by atoms with Crippen LogP contribution in [0.1, 0.15) is 17.9 Å². The fraction of sp³-hybridized carbons (Fsp3) is 0.100. The van der Waals surface area contributed by atoms with Gasteiger partial charge in [0.1, 0.15) is 5.82 Å². The molecule has 0 saturated heterocycles. The second kappa shape index (κ2) is 8.86. The third-order valence-corrected chi connectivity index (χ3v) is 5.56. The van der Waals surface area contributed by atoms with E-state index >= 15 is 0 Å². The molecule has 0 fully saturated rings. The minimum atomic E-state index is -3.05. The van der Waals surface area contributed by atoms with Crippen LogP contribution in [0.3, 0.4) is 0 Å². The Balaban J connectivity index is 1.62. The first-order valence-corrected chi connectivity index (χ1v) is 11.0. The van der Waals surface area contributed by atoms with Gasteiger partial charge in [0.2, 0.25) is 5.89 Å². The molecule has 0 saturated carbocycles. The first-order chi connectivity index (χ1) is 15.7. The Morgan fingerprint density at radius 2 is 1.97 bits per heavy atom. The number of halogens is 3. The van der Waals surface area contributed by atoms with Crippen molar-refractivity contribution < 1.29 is 26.6 Å². The lowest BCUT2D eigenvalue weighted by molar-refractivity contribution is 0.116. The molecule has 1 aromatic carbocycles. The number of amides is 2. The van der Waals surface area contributed by atoms with Crippen molar-refractivity contribution in [2.24, 2.45) is 0 Å². The van der Waals surface area contributed by atoms with Crippen LogP contribution in [0.15, 0.2) is 70.4 Å². The van der Waals surface area contributed by atoms with Crippen LogP contribution in [0.4, 0.5) is 23.7 Å². The molecule has 9 nitrogen and oxygen atoms in total. The van der Waals surface area contributed by atoms with Crippen molar-refractivity contribution in [1.82, 2.24) is 20.1 Å². The van der Waals surface area contributed by atoms with Gasteiger partial charge in [0.25, 0.3) is 5.89 Å². The van der Waals surface area contributed by atoms with Gasteiger partial charge in [-0.3, -0.25) is 14.8 Å². The van der Waals surface area contributed by atoms with Gasteiger partial charge in [-0.1, -0.05) is 6.07 Å². The summed E-state index contributed by atoms with van der Waals surface area (Å²) in [5, 5.41) is 8.87. The second-order valence-corrected chi connectivity index (χ2v) is 8.60. The summed E-state index contributed by atoms with van der Waals surface area (Å²) >= 11 is 0. The number of rotatable bonds is 5. The Morgan fingerprint density at radius 1 is 1.21 bits per heavy atom. The number of hydrogen-bond acceptors (Lipinski definition) is 7. The third-order valence-electron chi connectivity index (χ3n) is 4.51. The maximum atomic E-state index is 14.9. The van der Waals surface area contributed by atoms with Crippen LogP contribution in [-0.4, -0.2) is 30.3 Å². The molecule has 0 aliphatic carbocycles. The first kappa shape index (κ1) is 22.2. The number of aromatic nitrogens is 3. The van der Waals surface area contributed by atoms with E-state index in [9.17, 15) is 22.2 Å². The quantitative estimate of drug-likeness (QED) is 0.574. The van der Waals surface area contributed by atoms with Crippen LogP contribution < -0.4 is 4.90 Å². The summed E-state index contributed by atoms with van der Waals surface area (Å²) in [6.45, 7) is -0.211. The van der Waals surface area contributed by atoms with Crippen LogP contribution in [0.2, 0.25) is 0 Å². The van der Waals surface area contributed by atoms with E-state index in [2.05, 4.69) is 15.2 Å². The summed E-state index contributed by atoms with van der Waals surface area (Å²) in [6.07, 6.45) is 2.39. The van der Waals surface area contributed by atoms with Gasteiger partial charge in [0.05, 0.1) is 28.2 Å². The fourth-order valence-corrected chi connectivity index (χ4v) is 3.59. The van der Waals surface area contributed by atoms with Gasteiger partial charge in [-0.05, 0) is 24.3 Å². The van der Waals surface area contributed by atoms with Crippen LogP contribution in [0.25, 0.3) is 11.5 Å². The predicted molar refractivity (Wildman–Crippen MR) is 111 cm³/mol. The van der Waals surface area contributed by atoms with Crippen molar-refractivity contribution in [3.05, 3.63) is 83.2 Å². The monoisotopic (exact) mass is 476 g/mol. The lowest BCUT2D eigenvalue weighted by Crippen LogP contribution is -2.38. The van der Waals surface area contributed by atoms with E-state index in [1.165, 1.54) is 41.8 Å². The molecule has 33 heavy (non-hydrogen) atoms. The van der Waals surface area contributed by atoms with Gasteiger partial charge in [0, 0.05) is 40.5 Å². The number of urea groups is 1. The Labute approximate surface area is 185 Å². The summed E-state index contributed by atoms with van der Waals surface area (Å²) in [5.74, 6) is -1.87. The number of anilines is 1. The summed E-state index contributed by atoms with van der Waals surface area (Å²) in [4.78, 5) is 19.5. The van der Waals surface area contributed by atoms with Gasteiger partial charge in [-0.25, -0.2) is 18.2 Å². The molecule has 0 unspecified atom stereocenters. The highest BCUT2D eigenvalue weighted by Crippen LogP contribution is 2.26. The van der Waals surface area contributed by atoms with Crippen molar-refractivity contribution in [2.45, 2.75) is 13.0 Å². The molecule has 0 spiro atoms. The van der Waals surface area contributed by atoms with Crippen molar-refractivity contribution in [1.29, 1.82) is 4.78 Å². The van der Waals surface area contributed by atoms with Crippen LogP contribution in [0, 0.1) is 10.6 Å². The highest BCUT2D eigenvalue weighted by Gasteiger charge is 2.24. The molecule has 1 aliphatic heterocycles. The Kier molecular flexibility index (Phi) is 5.96. The third kappa shape index (κ3) is 4.92. The number of hydrogen-bond donors (Lipinski definition) is 1. The Hall–Kier alpha value is -4.00. The molecular weight excluding hydrogens is 461 g/mol. The van der Waals surface area contributed by atoms with Gasteiger partial charge in [-0.15, -0.1) is 10.2 Å². The number of carbonyl (C=O) groups is 1. The van der Waals surface area contributed by atoms with Crippen molar-refractivity contribution in [3.8, 4) is 11.5 Å². The topological polar surface area (TPSA) is 116 Å². The minimum Gasteiger partial charge on any atom is -0.415 e. The average Bonchev–Trinajstić information content (AvgIpc) is 3.29.